The second kappa shape index (κ2) is 5.32. The number of carbonyl (C=O) groups is 1. The lowest BCUT2D eigenvalue weighted by Gasteiger charge is -2.30. The average molecular weight is 199 g/mol. The van der Waals surface area contributed by atoms with E-state index in [0.717, 1.165) is 32.6 Å². The molecule has 82 valence electrons. The van der Waals surface area contributed by atoms with Gasteiger partial charge >= 0.3 is 0 Å². The molecule has 14 heavy (non-hydrogen) atoms. The minimum absolute atomic E-state index is 0.236. The number of rotatable bonds is 5. The number of hydrogen-bond donors (Lipinski definition) is 1. The van der Waals surface area contributed by atoms with Crippen LogP contribution in [0.4, 0.5) is 0 Å². The highest BCUT2D eigenvalue weighted by atomic mass is 16.2. The fraction of sp³-hybridized carbons (Fsp3) is 0.900. The summed E-state index contributed by atoms with van der Waals surface area (Å²) in [6.45, 7) is 3.63. The van der Waals surface area contributed by atoms with Crippen molar-refractivity contribution in [2.45, 2.75) is 6.42 Å². The maximum Gasteiger partial charge on any atom is 0.227 e. The van der Waals surface area contributed by atoms with Gasteiger partial charge in [-0.2, -0.15) is 0 Å². The van der Waals surface area contributed by atoms with E-state index in [1.807, 2.05) is 11.9 Å². The van der Waals surface area contributed by atoms with Crippen molar-refractivity contribution in [3.8, 4) is 0 Å². The van der Waals surface area contributed by atoms with Crippen LogP contribution in [0.25, 0.3) is 0 Å². The van der Waals surface area contributed by atoms with Crippen molar-refractivity contribution in [2.75, 3.05) is 47.3 Å². The zero-order valence-electron chi connectivity index (χ0n) is 9.42. The third kappa shape index (κ3) is 3.27. The molecule has 1 heterocycles. The monoisotopic (exact) mass is 199 g/mol. The van der Waals surface area contributed by atoms with Crippen molar-refractivity contribution >= 4 is 5.91 Å². The molecule has 1 N–H and O–H groups in total. The fourth-order valence-electron chi connectivity index (χ4n) is 1.51. The highest BCUT2D eigenvalue weighted by Crippen LogP contribution is 2.06. The smallest absolute Gasteiger partial charge is 0.227 e. The SMILES string of the molecule is CN(C)CCCN(C)C(=O)C1CNC1. The van der Waals surface area contributed by atoms with Gasteiger partial charge in [-0.25, -0.2) is 0 Å². The van der Waals surface area contributed by atoms with Gasteiger partial charge in [0.15, 0.2) is 0 Å². The fourth-order valence-corrected chi connectivity index (χ4v) is 1.51. The number of carbonyl (C=O) groups excluding carboxylic acids is 1. The van der Waals surface area contributed by atoms with Crippen LogP contribution in [0, 0.1) is 5.92 Å². The standard InChI is InChI=1S/C10H21N3O/c1-12(2)5-4-6-13(3)10(14)9-7-11-8-9/h9,11H,4-8H2,1-3H3. The Hall–Kier alpha value is -0.610. The van der Waals surface area contributed by atoms with Gasteiger partial charge in [0.1, 0.15) is 0 Å². The number of amides is 1. The predicted octanol–water partition coefficient (Wildman–Crippen LogP) is -0.384. The lowest BCUT2D eigenvalue weighted by Crippen LogP contribution is -2.51. The number of nitrogens with one attached hydrogen (secondary N) is 1. The first-order chi connectivity index (χ1) is 6.61. The van der Waals surface area contributed by atoms with Crippen LogP contribution in [-0.2, 0) is 4.79 Å². The minimum Gasteiger partial charge on any atom is -0.345 e. The first kappa shape index (κ1) is 11.5. The van der Waals surface area contributed by atoms with Crippen molar-refractivity contribution < 1.29 is 4.79 Å². The average Bonchev–Trinajstić information content (AvgIpc) is 2.00. The van der Waals surface area contributed by atoms with Crippen LogP contribution in [0.2, 0.25) is 0 Å². The van der Waals surface area contributed by atoms with Crippen LogP contribution in [-0.4, -0.2) is 63.0 Å². The molecular formula is C10H21N3O. The molecule has 0 aliphatic carbocycles. The summed E-state index contributed by atoms with van der Waals surface area (Å²) in [5.41, 5.74) is 0. The molecule has 0 spiro atoms. The molecule has 4 heteroatoms. The van der Waals surface area contributed by atoms with Crippen LogP contribution in [0.5, 0.6) is 0 Å². The highest BCUT2D eigenvalue weighted by molar-refractivity contribution is 5.79. The Balaban J connectivity index is 2.13. The summed E-state index contributed by atoms with van der Waals surface area (Å²) < 4.78 is 0. The van der Waals surface area contributed by atoms with E-state index in [4.69, 9.17) is 0 Å². The minimum atomic E-state index is 0.236. The Morgan fingerprint density at radius 2 is 1.93 bits per heavy atom. The molecule has 0 saturated carbocycles. The Bertz CT molecular complexity index is 190. The van der Waals surface area contributed by atoms with E-state index < -0.39 is 0 Å². The van der Waals surface area contributed by atoms with Crippen molar-refractivity contribution in [3.05, 3.63) is 0 Å². The van der Waals surface area contributed by atoms with E-state index in [2.05, 4.69) is 24.3 Å². The molecule has 0 radical (unpaired) electrons. The van der Waals surface area contributed by atoms with Gasteiger partial charge in [0.05, 0.1) is 5.92 Å². The van der Waals surface area contributed by atoms with E-state index in [1.165, 1.54) is 0 Å². The van der Waals surface area contributed by atoms with Crippen molar-refractivity contribution in [2.24, 2.45) is 5.92 Å². The molecular weight excluding hydrogens is 178 g/mol. The summed E-state index contributed by atoms with van der Waals surface area (Å²) in [6, 6.07) is 0. The van der Waals surface area contributed by atoms with Gasteiger partial charge in [-0.05, 0) is 27.1 Å². The number of nitrogens with zero attached hydrogens (tertiary/aromatic N) is 2. The zero-order chi connectivity index (χ0) is 10.6. The van der Waals surface area contributed by atoms with Gasteiger partial charge in [-0.3, -0.25) is 4.79 Å². The third-order valence-electron chi connectivity index (χ3n) is 2.61. The Labute approximate surface area is 86.2 Å². The molecule has 1 fully saturated rings. The Morgan fingerprint density at radius 1 is 1.29 bits per heavy atom. The van der Waals surface area contributed by atoms with Crippen LogP contribution >= 0.6 is 0 Å². The second-order valence-corrected chi connectivity index (χ2v) is 4.27. The summed E-state index contributed by atoms with van der Waals surface area (Å²) in [6.07, 6.45) is 1.05. The molecule has 0 aromatic rings. The predicted molar refractivity (Wildman–Crippen MR) is 57.2 cm³/mol. The molecule has 1 amide bonds. The first-order valence-electron chi connectivity index (χ1n) is 5.21. The maximum atomic E-state index is 11.7. The molecule has 1 aliphatic rings. The van der Waals surface area contributed by atoms with Gasteiger partial charge in [-0.1, -0.05) is 0 Å². The summed E-state index contributed by atoms with van der Waals surface area (Å²) in [5, 5.41) is 3.12. The van der Waals surface area contributed by atoms with Crippen molar-refractivity contribution in [1.82, 2.24) is 15.1 Å². The molecule has 0 bridgehead atoms. The van der Waals surface area contributed by atoms with E-state index >= 15 is 0 Å². The molecule has 1 aliphatic heterocycles. The summed E-state index contributed by atoms with van der Waals surface area (Å²) in [4.78, 5) is 15.7. The largest absolute Gasteiger partial charge is 0.345 e. The molecule has 0 atom stereocenters. The molecule has 0 aromatic heterocycles. The van der Waals surface area contributed by atoms with Crippen LogP contribution in [0.15, 0.2) is 0 Å². The Kier molecular flexibility index (Phi) is 4.35. The van der Waals surface area contributed by atoms with Gasteiger partial charge < -0.3 is 15.1 Å². The highest BCUT2D eigenvalue weighted by Gasteiger charge is 2.26. The van der Waals surface area contributed by atoms with Crippen LogP contribution in [0.3, 0.4) is 0 Å². The first-order valence-corrected chi connectivity index (χ1v) is 5.21. The lowest BCUT2D eigenvalue weighted by molar-refractivity contribution is -0.135. The van der Waals surface area contributed by atoms with Crippen LogP contribution < -0.4 is 5.32 Å². The Morgan fingerprint density at radius 3 is 2.36 bits per heavy atom. The zero-order valence-corrected chi connectivity index (χ0v) is 9.42. The van der Waals surface area contributed by atoms with E-state index in [0.29, 0.717) is 5.91 Å². The lowest BCUT2D eigenvalue weighted by atomic mass is 10.0. The normalized spacial score (nSPS) is 16.9. The van der Waals surface area contributed by atoms with Crippen molar-refractivity contribution in [3.63, 3.8) is 0 Å². The van der Waals surface area contributed by atoms with Gasteiger partial charge in [0, 0.05) is 26.7 Å². The molecule has 4 nitrogen and oxygen atoms in total. The quantitative estimate of drug-likeness (QED) is 0.655. The summed E-state index contributed by atoms with van der Waals surface area (Å²) in [5.74, 6) is 0.530. The molecule has 0 aromatic carbocycles. The van der Waals surface area contributed by atoms with Crippen molar-refractivity contribution in [1.29, 1.82) is 0 Å². The van der Waals surface area contributed by atoms with Gasteiger partial charge in [0.25, 0.3) is 0 Å². The van der Waals surface area contributed by atoms with Crippen LogP contribution in [0.1, 0.15) is 6.42 Å². The van der Waals surface area contributed by atoms with E-state index in [9.17, 15) is 4.79 Å². The third-order valence-corrected chi connectivity index (χ3v) is 2.61. The molecule has 1 rings (SSSR count). The topological polar surface area (TPSA) is 35.6 Å². The molecule has 1 saturated heterocycles. The second-order valence-electron chi connectivity index (χ2n) is 4.27. The summed E-state index contributed by atoms with van der Waals surface area (Å²) in [7, 11) is 6.01. The van der Waals surface area contributed by atoms with Gasteiger partial charge in [0.2, 0.25) is 5.91 Å². The molecule has 0 unspecified atom stereocenters. The van der Waals surface area contributed by atoms with E-state index in [-0.39, 0.29) is 5.92 Å². The maximum absolute atomic E-state index is 11.7. The number of hydrogen-bond acceptors (Lipinski definition) is 3. The summed E-state index contributed by atoms with van der Waals surface area (Å²) >= 11 is 0. The van der Waals surface area contributed by atoms with Gasteiger partial charge in [-0.15, -0.1) is 0 Å². The van der Waals surface area contributed by atoms with E-state index in [1.54, 1.807) is 0 Å².